The number of phosphoric ester groups is 1. The summed E-state index contributed by atoms with van der Waals surface area (Å²) >= 11 is 0. The molecule has 0 spiro atoms. The highest BCUT2D eigenvalue weighted by Crippen LogP contribution is 2.43. The third kappa shape index (κ3) is 56.1. The van der Waals surface area contributed by atoms with E-state index in [9.17, 15) is 19.0 Å². The summed E-state index contributed by atoms with van der Waals surface area (Å²) in [6.07, 6.45) is 74.7. The number of esters is 2. The molecule has 0 saturated heterocycles. The maximum Gasteiger partial charge on any atom is 0.472 e. The van der Waals surface area contributed by atoms with Gasteiger partial charge in [0.05, 0.1) is 13.2 Å². The Morgan fingerprint density at radius 1 is 0.423 bits per heavy atom. The zero-order valence-corrected chi connectivity index (χ0v) is 46.3. The van der Waals surface area contributed by atoms with E-state index in [2.05, 4.69) is 111 Å². The Morgan fingerprint density at radius 3 is 1.08 bits per heavy atom. The first-order chi connectivity index (χ1) is 34.8. The molecule has 9 nitrogen and oxygen atoms in total. The van der Waals surface area contributed by atoms with Crippen LogP contribution in [0, 0.1) is 0 Å². The molecule has 0 aromatic carbocycles. The molecule has 10 heteroatoms. The van der Waals surface area contributed by atoms with Crippen LogP contribution in [-0.2, 0) is 32.7 Å². The van der Waals surface area contributed by atoms with E-state index in [1.807, 2.05) is 0 Å². The predicted octanol–water partition coefficient (Wildman–Crippen LogP) is 18.1. The Morgan fingerprint density at radius 2 is 0.732 bits per heavy atom. The van der Waals surface area contributed by atoms with Gasteiger partial charge in [-0.25, -0.2) is 4.57 Å². The Hall–Kier alpha value is -3.07. The molecule has 0 saturated carbocycles. The monoisotopic (exact) mass is 1010 g/mol. The van der Waals surface area contributed by atoms with Gasteiger partial charge in [-0.15, -0.1) is 0 Å². The highest BCUT2D eigenvalue weighted by Gasteiger charge is 2.26. The van der Waals surface area contributed by atoms with Crippen LogP contribution in [0.4, 0.5) is 0 Å². The van der Waals surface area contributed by atoms with Crippen LogP contribution in [0.15, 0.2) is 97.2 Å². The second-order valence-corrected chi connectivity index (χ2v) is 20.2. The van der Waals surface area contributed by atoms with Gasteiger partial charge in [-0.1, -0.05) is 239 Å². The van der Waals surface area contributed by atoms with E-state index in [0.717, 1.165) is 103 Å². The largest absolute Gasteiger partial charge is 0.472 e. The van der Waals surface area contributed by atoms with Gasteiger partial charge in [-0.2, -0.15) is 0 Å². The highest BCUT2D eigenvalue weighted by molar-refractivity contribution is 7.47. The lowest BCUT2D eigenvalue weighted by molar-refractivity contribution is -0.161. The molecule has 408 valence electrons. The van der Waals surface area contributed by atoms with Crippen molar-refractivity contribution in [2.24, 2.45) is 5.73 Å². The van der Waals surface area contributed by atoms with Crippen molar-refractivity contribution in [1.82, 2.24) is 0 Å². The van der Waals surface area contributed by atoms with Crippen LogP contribution >= 0.6 is 7.82 Å². The second kappa shape index (κ2) is 56.2. The average Bonchev–Trinajstić information content (AvgIpc) is 3.36. The predicted molar refractivity (Wildman–Crippen MR) is 302 cm³/mol. The summed E-state index contributed by atoms with van der Waals surface area (Å²) in [4.78, 5) is 35.1. The van der Waals surface area contributed by atoms with Gasteiger partial charge in [0.1, 0.15) is 6.61 Å². The van der Waals surface area contributed by atoms with Crippen molar-refractivity contribution in [2.45, 2.75) is 251 Å². The first-order valence-corrected chi connectivity index (χ1v) is 30.2. The SMILES string of the molecule is CC/C=C\C/C=C\C/C=C\C/C=C\C/C=C\CCCCCCCCCCCCCCCCCCCC(=O)OC(COC(=O)CCCCCCCCC/C=C\C/C=C\C/C=C\CC)COP(=O)(O)OCCN. The maximum absolute atomic E-state index is 12.7. The summed E-state index contributed by atoms with van der Waals surface area (Å²) in [5.41, 5.74) is 5.38. The minimum atomic E-state index is -4.39. The molecule has 0 amide bonds. The van der Waals surface area contributed by atoms with Crippen molar-refractivity contribution >= 4 is 19.8 Å². The minimum Gasteiger partial charge on any atom is -0.462 e. The zero-order valence-electron chi connectivity index (χ0n) is 45.4. The van der Waals surface area contributed by atoms with Gasteiger partial charge < -0.3 is 20.1 Å². The zero-order chi connectivity index (χ0) is 51.7. The topological polar surface area (TPSA) is 134 Å². The Bertz CT molecular complexity index is 1480. The lowest BCUT2D eigenvalue weighted by Crippen LogP contribution is -2.29. The average molecular weight is 1010 g/mol. The van der Waals surface area contributed by atoms with Gasteiger partial charge in [0.25, 0.3) is 0 Å². The number of allylic oxidation sites excluding steroid dienone is 16. The lowest BCUT2D eigenvalue weighted by atomic mass is 10.0. The normalized spacial score (nSPS) is 13.8. The number of rotatable bonds is 53. The number of hydrogen-bond donors (Lipinski definition) is 2. The molecule has 0 aromatic heterocycles. The number of carbonyl (C=O) groups is 2. The summed E-state index contributed by atoms with van der Waals surface area (Å²) in [6, 6.07) is 0. The number of phosphoric acid groups is 1. The molecule has 71 heavy (non-hydrogen) atoms. The molecule has 0 rings (SSSR count). The fraction of sp³-hybridized carbons (Fsp3) is 0.705. The first kappa shape index (κ1) is 67.9. The van der Waals surface area contributed by atoms with Crippen LogP contribution in [-0.4, -0.2) is 49.3 Å². The first-order valence-electron chi connectivity index (χ1n) is 28.7. The van der Waals surface area contributed by atoms with Crippen LogP contribution in [0.2, 0.25) is 0 Å². The van der Waals surface area contributed by atoms with Crippen molar-refractivity contribution in [3.8, 4) is 0 Å². The Balaban J connectivity index is 3.92. The number of ether oxygens (including phenoxy) is 2. The third-order valence-electron chi connectivity index (χ3n) is 12.0. The number of nitrogens with two attached hydrogens (primary N) is 1. The molecule has 0 aromatic rings. The number of carbonyl (C=O) groups excluding carboxylic acids is 2. The lowest BCUT2D eigenvalue weighted by Gasteiger charge is -2.19. The molecule has 0 radical (unpaired) electrons. The molecule has 3 N–H and O–H groups in total. The number of unbranched alkanes of at least 4 members (excludes halogenated alkanes) is 24. The summed E-state index contributed by atoms with van der Waals surface area (Å²) in [6.45, 7) is 3.52. The highest BCUT2D eigenvalue weighted by atomic mass is 31.2. The van der Waals surface area contributed by atoms with Crippen LogP contribution in [0.3, 0.4) is 0 Å². The van der Waals surface area contributed by atoms with Crippen LogP contribution in [0.5, 0.6) is 0 Å². The van der Waals surface area contributed by atoms with E-state index in [1.54, 1.807) is 0 Å². The Kier molecular flexibility index (Phi) is 53.8. The fourth-order valence-corrected chi connectivity index (χ4v) is 8.56. The van der Waals surface area contributed by atoms with Crippen LogP contribution in [0.25, 0.3) is 0 Å². The van der Waals surface area contributed by atoms with Crippen molar-refractivity contribution in [1.29, 1.82) is 0 Å². The molecular formula is C61H106NO8P. The van der Waals surface area contributed by atoms with E-state index in [-0.39, 0.29) is 32.6 Å². The van der Waals surface area contributed by atoms with Crippen molar-refractivity contribution < 1.29 is 37.6 Å². The van der Waals surface area contributed by atoms with Gasteiger partial charge >= 0.3 is 19.8 Å². The van der Waals surface area contributed by atoms with Crippen molar-refractivity contribution in [2.75, 3.05) is 26.4 Å². The Labute approximate surface area is 436 Å². The smallest absolute Gasteiger partial charge is 0.462 e. The van der Waals surface area contributed by atoms with E-state index in [1.165, 1.54) is 109 Å². The fourth-order valence-electron chi connectivity index (χ4n) is 7.80. The van der Waals surface area contributed by atoms with Crippen LogP contribution in [0.1, 0.15) is 245 Å². The molecule has 2 atom stereocenters. The van der Waals surface area contributed by atoms with E-state index < -0.39 is 32.5 Å². The molecule has 0 aliphatic carbocycles. The minimum absolute atomic E-state index is 0.0488. The maximum atomic E-state index is 12.7. The molecule has 2 unspecified atom stereocenters. The molecule has 0 aliphatic rings. The molecular weight excluding hydrogens is 906 g/mol. The standard InChI is InChI=1S/C61H106NO8P/c1-3-5-7-9-11-13-15-17-19-21-22-23-24-25-26-27-28-29-30-31-32-33-34-35-36-38-40-42-44-46-48-50-52-54-61(64)70-59(58-69-71(65,66)68-56-55-62)57-67-60(63)53-51-49-47-45-43-41-39-37-20-18-16-14-12-10-8-6-4-2/h5-8,11-14,17-20,22-23,25-26,59H,3-4,9-10,15-16,21,24,27-58,62H2,1-2H3,(H,65,66)/b7-5-,8-6-,13-11-,14-12-,19-17-,20-18-,23-22-,26-25-. The van der Waals surface area contributed by atoms with E-state index >= 15 is 0 Å². The van der Waals surface area contributed by atoms with Gasteiger partial charge in [-0.05, 0) is 89.9 Å². The second-order valence-electron chi connectivity index (χ2n) is 18.7. The van der Waals surface area contributed by atoms with Gasteiger partial charge in [-0.3, -0.25) is 18.6 Å². The molecule has 0 aliphatic heterocycles. The van der Waals surface area contributed by atoms with Crippen molar-refractivity contribution in [3.63, 3.8) is 0 Å². The summed E-state index contributed by atoms with van der Waals surface area (Å²) in [5.74, 6) is -0.838. The molecule has 0 heterocycles. The summed E-state index contributed by atoms with van der Waals surface area (Å²) in [7, 11) is -4.39. The quantitative estimate of drug-likeness (QED) is 0.0264. The molecule has 0 fully saturated rings. The van der Waals surface area contributed by atoms with E-state index in [4.69, 9.17) is 24.3 Å². The van der Waals surface area contributed by atoms with Gasteiger partial charge in [0, 0.05) is 19.4 Å². The third-order valence-corrected chi connectivity index (χ3v) is 12.9. The number of hydrogen-bond acceptors (Lipinski definition) is 8. The van der Waals surface area contributed by atoms with Gasteiger partial charge in [0.2, 0.25) is 0 Å². The van der Waals surface area contributed by atoms with Crippen LogP contribution < -0.4 is 5.73 Å². The summed E-state index contributed by atoms with van der Waals surface area (Å²) < 4.78 is 33.0. The van der Waals surface area contributed by atoms with E-state index in [0.29, 0.717) is 6.42 Å². The summed E-state index contributed by atoms with van der Waals surface area (Å²) in [5, 5.41) is 0. The van der Waals surface area contributed by atoms with Crippen molar-refractivity contribution in [3.05, 3.63) is 97.2 Å². The molecule has 0 bridgehead atoms. The van der Waals surface area contributed by atoms with Gasteiger partial charge in [0.15, 0.2) is 6.10 Å².